The monoisotopic (exact) mass is 372 g/mol. The maximum Gasteiger partial charge on any atom is 0.229 e. The number of benzene rings is 1. The molecular weight excluding hydrogens is 348 g/mol. The lowest BCUT2D eigenvalue weighted by Gasteiger charge is -2.33. The molecule has 138 valence electrons. The van der Waals surface area contributed by atoms with Crippen molar-refractivity contribution in [3.8, 4) is 22.1 Å². The number of nitrogens with zero attached hydrogens (tertiary/aromatic N) is 2. The molecule has 0 N–H and O–H groups in total. The molecule has 0 unspecified atom stereocenters. The Morgan fingerprint density at radius 3 is 2.88 bits per heavy atom. The first-order chi connectivity index (χ1) is 12.7. The van der Waals surface area contributed by atoms with E-state index in [1.165, 1.54) is 11.3 Å². The van der Waals surface area contributed by atoms with Gasteiger partial charge in [0.05, 0.1) is 26.3 Å². The Bertz CT molecular complexity index is 787. The largest absolute Gasteiger partial charge is 0.493 e. The van der Waals surface area contributed by atoms with Gasteiger partial charge in [-0.2, -0.15) is 0 Å². The zero-order valence-corrected chi connectivity index (χ0v) is 16.1. The summed E-state index contributed by atoms with van der Waals surface area (Å²) in [5.74, 6) is 1.47. The lowest BCUT2D eigenvalue weighted by Crippen LogP contribution is -2.43. The normalized spacial score (nSPS) is 17.0. The number of carbonyl (C=O) groups is 1. The van der Waals surface area contributed by atoms with Gasteiger partial charge in [0.25, 0.3) is 0 Å². The third-order valence-electron chi connectivity index (χ3n) is 4.66. The molecule has 1 aromatic heterocycles. The molecule has 26 heavy (non-hydrogen) atoms. The van der Waals surface area contributed by atoms with Gasteiger partial charge in [-0.3, -0.25) is 4.79 Å². The molecule has 1 aromatic carbocycles. The van der Waals surface area contributed by atoms with Gasteiger partial charge in [0, 0.05) is 23.5 Å². The maximum atomic E-state index is 12.7. The molecule has 1 saturated heterocycles. The predicted molar refractivity (Wildman–Crippen MR) is 104 cm³/mol. The highest BCUT2D eigenvalue weighted by Gasteiger charge is 2.25. The van der Waals surface area contributed by atoms with Crippen LogP contribution in [0.1, 0.15) is 25.0 Å². The van der Waals surface area contributed by atoms with Crippen molar-refractivity contribution in [3.05, 3.63) is 41.9 Å². The van der Waals surface area contributed by atoms with E-state index in [0.717, 1.165) is 42.1 Å². The molecular formula is C20H24N2O3S. The van der Waals surface area contributed by atoms with Crippen LogP contribution in [0.3, 0.4) is 0 Å². The highest BCUT2D eigenvalue weighted by atomic mass is 32.1. The number of hydrogen-bond donors (Lipinski definition) is 0. The summed E-state index contributed by atoms with van der Waals surface area (Å²) in [6.45, 7) is 4.68. The van der Waals surface area contributed by atoms with Crippen LogP contribution in [0.5, 0.6) is 11.5 Å². The highest BCUT2D eigenvalue weighted by Crippen LogP contribution is 2.33. The fourth-order valence-corrected chi connectivity index (χ4v) is 4.08. The number of rotatable bonds is 6. The number of methoxy groups -OCH3 is 2. The van der Waals surface area contributed by atoms with Gasteiger partial charge in [-0.1, -0.05) is 6.08 Å². The van der Waals surface area contributed by atoms with Crippen molar-refractivity contribution in [2.24, 2.45) is 0 Å². The Morgan fingerprint density at radius 2 is 2.15 bits per heavy atom. The average molecular weight is 372 g/mol. The average Bonchev–Trinajstić information content (AvgIpc) is 3.15. The van der Waals surface area contributed by atoms with Gasteiger partial charge in [0.1, 0.15) is 5.01 Å². The minimum Gasteiger partial charge on any atom is -0.493 e. The number of amides is 1. The third kappa shape index (κ3) is 3.90. The van der Waals surface area contributed by atoms with Crippen molar-refractivity contribution in [2.75, 3.05) is 20.8 Å². The number of carbonyl (C=O) groups excluding carboxylic acids is 1. The van der Waals surface area contributed by atoms with Crippen LogP contribution in [-0.4, -0.2) is 42.6 Å². The minimum atomic E-state index is 0.124. The molecule has 1 aliphatic rings. The molecule has 1 fully saturated rings. The highest BCUT2D eigenvalue weighted by molar-refractivity contribution is 7.13. The van der Waals surface area contributed by atoms with E-state index in [9.17, 15) is 4.79 Å². The van der Waals surface area contributed by atoms with Crippen molar-refractivity contribution >= 4 is 17.2 Å². The molecule has 0 radical (unpaired) electrons. The molecule has 2 heterocycles. The second kappa shape index (κ2) is 8.36. The van der Waals surface area contributed by atoms with Gasteiger partial charge in [0.2, 0.25) is 5.91 Å². The Hall–Kier alpha value is -2.34. The van der Waals surface area contributed by atoms with Gasteiger partial charge < -0.3 is 14.4 Å². The van der Waals surface area contributed by atoms with Crippen LogP contribution in [0, 0.1) is 0 Å². The predicted octanol–water partition coefficient (Wildman–Crippen LogP) is 3.94. The van der Waals surface area contributed by atoms with Crippen LogP contribution in [0.4, 0.5) is 0 Å². The molecule has 1 amide bonds. The number of piperidine rings is 1. The summed E-state index contributed by atoms with van der Waals surface area (Å²) in [5, 5.41) is 2.82. The van der Waals surface area contributed by atoms with E-state index < -0.39 is 0 Å². The molecule has 0 spiro atoms. The second-order valence-corrected chi connectivity index (χ2v) is 7.13. The summed E-state index contributed by atoms with van der Waals surface area (Å²) in [4.78, 5) is 19.3. The lowest BCUT2D eigenvalue weighted by atomic mass is 10.0. The summed E-state index contributed by atoms with van der Waals surface area (Å²) in [5.41, 5.74) is 1.76. The van der Waals surface area contributed by atoms with Crippen LogP contribution in [-0.2, 0) is 11.2 Å². The fraction of sp³-hybridized carbons (Fsp3) is 0.400. The first-order valence-electron chi connectivity index (χ1n) is 8.75. The van der Waals surface area contributed by atoms with E-state index in [1.807, 2.05) is 34.6 Å². The van der Waals surface area contributed by atoms with Crippen LogP contribution in [0.15, 0.2) is 36.2 Å². The van der Waals surface area contributed by atoms with Crippen molar-refractivity contribution in [2.45, 2.75) is 31.7 Å². The summed E-state index contributed by atoms with van der Waals surface area (Å²) in [7, 11) is 3.23. The first-order valence-corrected chi connectivity index (χ1v) is 9.63. The van der Waals surface area contributed by atoms with Gasteiger partial charge in [-0.25, -0.2) is 4.98 Å². The smallest absolute Gasteiger partial charge is 0.229 e. The van der Waals surface area contributed by atoms with E-state index in [0.29, 0.717) is 17.9 Å². The van der Waals surface area contributed by atoms with Crippen LogP contribution in [0.2, 0.25) is 0 Å². The van der Waals surface area contributed by atoms with Crippen molar-refractivity contribution in [1.82, 2.24) is 9.88 Å². The summed E-state index contributed by atoms with van der Waals surface area (Å²) < 4.78 is 10.6. The number of aromatic nitrogens is 1. The molecule has 5 nitrogen and oxygen atoms in total. The molecule has 3 rings (SSSR count). The Kier molecular flexibility index (Phi) is 5.93. The minimum absolute atomic E-state index is 0.124. The van der Waals surface area contributed by atoms with Gasteiger partial charge in [-0.15, -0.1) is 17.9 Å². The number of likely N-dealkylation sites (tertiary alicyclic amines) is 1. The third-order valence-corrected chi connectivity index (χ3v) is 5.60. The van der Waals surface area contributed by atoms with Crippen LogP contribution < -0.4 is 9.47 Å². The van der Waals surface area contributed by atoms with Gasteiger partial charge in [0.15, 0.2) is 11.5 Å². The molecule has 0 aliphatic carbocycles. The Labute approximate surface area is 158 Å². The van der Waals surface area contributed by atoms with E-state index in [1.54, 1.807) is 14.2 Å². The van der Waals surface area contributed by atoms with Crippen LogP contribution >= 0.6 is 11.3 Å². The van der Waals surface area contributed by atoms with Crippen LogP contribution in [0.25, 0.3) is 10.6 Å². The molecule has 1 atom stereocenters. The van der Waals surface area contributed by atoms with E-state index in [2.05, 4.69) is 11.6 Å². The quantitative estimate of drug-likeness (QED) is 0.721. The van der Waals surface area contributed by atoms with Crippen molar-refractivity contribution < 1.29 is 14.3 Å². The van der Waals surface area contributed by atoms with Gasteiger partial charge in [-0.05, 0) is 37.5 Å². The zero-order chi connectivity index (χ0) is 18.5. The fourth-order valence-electron chi connectivity index (χ4n) is 3.26. The molecule has 1 aliphatic heterocycles. The zero-order valence-electron chi connectivity index (χ0n) is 15.2. The van der Waals surface area contributed by atoms with E-state index in [-0.39, 0.29) is 11.9 Å². The SMILES string of the molecule is C=C[C@@H]1CCCCN1C(=O)Cc1csc(-c2ccc(OC)c(OC)c2)n1. The topological polar surface area (TPSA) is 51.7 Å². The van der Waals surface area contributed by atoms with E-state index >= 15 is 0 Å². The number of ether oxygens (including phenoxy) is 2. The van der Waals surface area contributed by atoms with Crippen molar-refractivity contribution in [1.29, 1.82) is 0 Å². The lowest BCUT2D eigenvalue weighted by molar-refractivity contribution is -0.133. The molecule has 2 aromatic rings. The maximum absolute atomic E-state index is 12.7. The Balaban J connectivity index is 1.73. The van der Waals surface area contributed by atoms with E-state index in [4.69, 9.17) is 9.47 Å². The summed E-state index contributed by atoms with van der Waals surface area (Å²) in [6, 6.07) is 5.87. The number of thiazole rings is 1. The second-order valence-electron chi connectivity index (χ2n) is 6.28. The number of hydrogen-bond acceptors (Lipinski definition) is 5. The molecule has 0 saturated carbocycles. The Morgan fingerprint density at radius 1 is 1.35 bits per heavy atom. The summed E-state index contributed by atoms with van der Waals surface area (Å²) >= 11 is 1.53. The summed E-state index contributed by atoms with van der Waals surface area (Å²) in [6.07, 6.45) is 5.43. The first kappa shape index (κ1) is 18.5. The standard InChI is InChI=1S/C20H24N2O3S/c1-4-16-7-5-6-10-22(16)19(23)12-15-13-26-20(21-15)14-8-9-17(24-2)18(11-14)25-3/h4,8-9,11,13,16H,1,5-7,10,12H2,2-3H3/t16-/m1/s1. The molecule has 6 heteroatoms. The molecule has 0 bridgehead atoms. The van der Waals surface area contributed by atoms with Gasteiger partial charge >= 0.3 is 0 Å². The van der Waals surface area contributed by atoms with Crippen molar-refractivity contribution in [3.63, 3.8) is 0 Å².